The van der Waals surface area contributed by atoms with Gasteiger partial charge in [0.05, 0.1) is 0 Å². The summed E-state index contributed by atoms with van der Waals surface area (Å²) in [7, 11) is 0. The van der Waals surface area contributed by atoms with Crippen molar-refractivity contribution in [2.45, 2.75) is 12.8 Å². The van der Waals surface area contributed by atoms with Gasteiger partial charge in [-0.05, 0) is 17.7 Å². The number of ketones is 1. The van der Waals surface area contributed by atoms with Gasteiger partial charge in [0.1, 0.15) is 0 Å². The van der Waals surface area contributed by atoms with Gasteiger partial charge in [0, 0.05) is 33.1 Å². The Morgan fingerprint density at radius 2 is 1.85 bits per heavy atom. The fourth-order valence-electron chi connectivity index (χ4n) is 2.46. The van der Waals surface area contributed by atoms with Gasteiger partial charge in [0.2, 0.25) is 0 Å². The molecule has 0 aliphatic carbocycles. The third-order valence-electron chi connectivity index (χ3n) is 3.61. The van der Waals surface area contributed by atoms with Crippen molar-refractivity contribution in [2.24, 2.45) is 0 Å². The predicted octanol–water partition coefficient (Wildman–Crippen LogP) is 4.92. The van der Waals surface area contributed by atoms with Gasteiger partial charge in [-0.2, -0.15) is 0 Å². The van der Waals surface area contributed by atoms with E-state index in [4.69, 9.17) is 0 Å². The molecule has 3 rings (SSSR count). The van der Waals surface area contributed by atoms with E-state index in [-0.39, 0.29) is 11.7 Å². The van der Waals surface area contributed by atoms with Crippen molar-refractivity contribution in [3.8, 4) is 0 Å². The molecule has 100 valence electrons. The van der Waals surface area contributed by atoms with Gasteiger partial charge in [-0.1, -0.05) is 59.3 Å². The van der Waals surface area contributed by atoms with Gasteiger partial charge in [-0.3, -0.25) is 4.79 Å². The number of halogens is 1. The van der Waals surface area contributed by atoms with Gasteiger partial charge < -0.3 is 4.98 Å². The first-order chi connectivity index (χ1) is 9.68. The van der Waals surface area contributed by atoms with Crippen LogP contribution in [0, 0.1) is 0 Å². The highest BCUT2D eigenvalue weighted by Gasteiger charge is 2.21. The Morgan fingerprint density at radius 1 is 1.10 bits per heavy atom. The van der Waals surface area contributed by atoms with Gasteiger partial charge in [0.25, 0.3) is 0 Å². The average Bonchev–Trinajstić information content (AvgIpc) is 2.92. The molecule has 1 atom stereocenters. The van der Waals surface area contributed by atoms with Crippen LogP contribution >= 0.6 is 15.9 Å². The third-order valence-corrected chi connectivity index (χ3v) is 4.27. The number of nitrogens with one attached hydrogen (secondary N) is 1. The molecule has 0 spiro atoms. The SMILES string of the molecule is CC(C(=O)c1c[nH]c2cccc(Br)c12)c1ccccc1. The molecule has 20 heavy (non-hydrogen) atoms. The highest BCUT2D eigenvalue weighted by atomic mass is 79.9. The number of carbonyl (C=O) groups excluding carboxylic acids is 1. The van der Waals surface area contributed by atoms with Crippen LogP contribution in [0.5, 0.6) is 0 Å². The Kier molecular flexibility index (Phi) is 3.45. The molecule has 0 amide bonds. The minimum absolute atomic E-state index is 0.134. The summed E-state index contributed by atoms with van der Waals surface area (Å²) in [6.45, 7) is 1.95. The highest BCUT2D eigenvalue weighted by molar-refractivity contribution is 9.10. The number of hydrogen-bond donors (Lipinski definition) is 1. The lowest BCUT2D eigenvalue weighted by atomic mass is 9.92. The first-order valence-corrected chi connectivity index (χ1v) is 7.32. The second-order valence-corrected chi connectivity index (χ2v) is 5.72. The van der Waals surface area contributed by atoms with Crippen LogP contribution in [0.4, 0.5) is 0 Å². The minimum Gasteiger partial charge on any atom is -0.360 e. The zero-order valence-electron chi connectivity index (χ0n) is 11.1. The number of aromatic nitrogens is 1. The molecular weight excluding hydrogens is 314 g/mol. The zero-order chi connectivity index (χ0) is 14.1. The highest BCUT2D eigenvalue weighted by Crippen LogP contribution is 2.30. The Bertz CT molecular complexity index is 761. The van der Waals surface area contributed by atoms with Crippen molar-refractivity contribution >= 4 is 32.6 Å². The second-order valence-electron chi connectivity index (χ2n) is 4.86. The van der Waals surface area contributed by atoms with E-state index in [0.29, 0.717) is 0 Å². The average molecular weight is 328 g/mol. The molecular formula is C17H14BrNO. The van der Waals surface area contributed by atoms with E-state index in [1.54, 1.807) is 6.20 Å². The monoisotopic (exact) mass is 327 g/mol. The number of rotatable bonds is 3. The van der Waals surface area contributed by atoms with E-state index >= 15 is 0 Å². The van der Waals surface area contributed by atoms with Gasteiger partial charge in [-0.15, -0.1) is 0 Å². The molecule has 0 bridgehead atoms. The lowest BCUT2D eigenvalue weighted by Gasteiger charge is -2.10. The number of Topliss-reactive ketones (excluding diaryl/α,β-unsaturated/α-hetero) is 1. The van der Waals surface area contributed by atoms with Crippen molar-refractivity contribution < 1.29 is 4.79 Å². The van der Waals surface area contributed by atoms with Crippen molar-refractivity contribution in [3.63, 3.8) is 0 Å². The molecule has 1 N–H and O–H groups in total. The fourth-order valence-corrected chi connectivity index (χ4v) is 3.04. The van der Waals surface area contributed by atoms with Crippen LogP contribution in [0.3, 0.4) is 0 Å². The Balaban J connectivity index is 2.05. The quantitative estimate of drug-likeness (QED) is 0.680. The van der Waals surface area contributed by atoms with Crippen LogP contribution in [0.1, 0.15) is 28.8 Å². The van der Waals surface area contributed by atoms with Crippen LogP contribution in [0.15, 0.2) is 59.2 Å². The smallest absolute Gasteiger partial charge is 0.172 e. The summed E-state index contributed by atoms with van der Waals surface area (Å²) in [5.74, 6) is -0.0170. The number of benzene rings is 2. The van der Waals surface area contributed by atoms with Crippen molar-refractivity contribution in [2.75, 3.05) is 0 Å². The van der Waals surface area contributed by atoms with Crippen LogP contribution in [-0.2, 0) is 0 Å². The van der Waals surface area contributed by atoms with Crippen LogP contribution < -0.4 is 0 Å². The van der Waals surface area contributed by atoms with E-state index in [1.165, 1.54) is 0 Å². The van der Waals surface area contributed by atoms with Crippen LogP contribution in [-0.4, -0.2) is 10.8 Å². The maximum Gasteiger partial charge on any atom is 0.172 e. The van der Waals surface area contributed by atoms with E-state index in [0.717, 1.165) is 26.5 Å². The second kappa shape index (κ2) is 5.25. The van der Waals surface area contributed by atoms with Crippen LogP contribution in [0.25, 0.3) is 10.9 Å². The standard InChI is InChI=1S/C17H14BrNO/c1-11(12-6-3-2-4-7-12)17(20)13-10-19-15-9-5-8-14(18)16(13)15/h2-11,19H,1H3. The largest absolute Gasteiger partial charge is 0.360 e. The van der Waals surface area contributed by atoms with Crippen molar-refractivity contribution in [3.05, 3.63) is 70.3 Å². The summed E-state index contributed by atoms with van der Waals surface area (Å²) in [6.07, 6.45) is 1.80. The topological polar surface area (TPSA) is 32.9 Å². The first kappa shape index (κ1) is 13.1. The molecule has 3 heteroatoms. The van der Waals surface area contributed by atoms with Crippen LogP contribution in [0.2, 0.25) is 0 Å². The molecule has 0 aliphatic rings. The summed E-state index contributed by atoms with van der Waals surface area (Å²) in [5.41, 5.74) is 2.76. The van der Waals surface area contributed by atoms with Gasteiger partial charge in [-0.25, -0.2) is 0 Å². The number of H-pyrrole nitrogens is 1. The van der Waals surface area contributed by atoms with Gasteiger partial charge >= 0.3 is 0 Å². The van der Waals surface area contributed by atoms with E-state index in [9.17, 15) is 4.79 Å². The molecule has 1 unspecified atom stereocenters. The minimum atomic E-state index is -0.151. The fraction of sp³-hybridized carbons (Fsp3) is 0.118. The third kappa shape index (κ3) is 2.18. The Morgan fingerprint density at radius 3 is 2.60 bits per heavy atom. The number of carbonyl (C=O) groups is 1. The number of fused-ring (bicyclic) bond motifs is 1. The molecule has 0 aliphatic heterocycles. The normalized spacial score (nSPS) is 12.5. The number of hydrogen-bond acceptors (Lipinski definition) is 1. The summed E-state index contributed by atoms with van der Waals surface area (Å²) in [6, 6.07) is 15.8. The maximum atomic E-state index is 12.7. The summed E-state index contributed by atoms with van der Waals surface area (Å²) >= 11 is 3.53. The Hall–Kier alpha value is -1.87. The van der Waals surface area contributed by atoms with E-state index in [2.05, 4.69) is 20.9 Å². The Labute approximate surface area is 126 Å². The summed E-state index contributed by atoms with van der Waals surface area (Å²) < 4.78 is 0.944. The molecule has 3 aromatic rings. The molecule has 0 saturated carbocycles. The molecule has 2 nitrogen and oxygen atoms in total. The summed E-state index contributed by atoms with van der Waals surface area (Å²) in [4.78, 5) is 15.9. The molecule has 0 fully saturated rings. The lowest BCUT2D eigenvalue weighted by Crippen LogP contribution is -2.09. The molecule has 2 aromatic carbocycles. The molecule has 0 radical (unpaired) electrons. The summed E-state index contributed by atoms with van der Waals surface area (Å²) in [5, 5.41) is 0.959. The first-order valence-electron chi connectivity index (χ1n) is 6.53. The van der Waals surface area contributed by atoms with Gasteiger partial charge in [0.15, 0.2) is 5.78 Å². The van der Waals surface area contributed by atoms with Crippen molar-refractivity contribution in [1.82, 2.24) is 4.98 Å². The lowest BCUT2D eigenvalue weighted by molar-refractivity contribution is 0.0967. The molecule has 0 saturated heterocycles. The number of aromatic amines is 1. The van der Waals surface area contributed by atoms with Crippen molar-refractivity contribution in [1.29, 1.82) is 0 Å². The predicted molar refractivity (Wildman–Crippen MR) is 85.2 cm³/mol. The molecule has 1 aromatic heterocycles. The van der Waals surface area contributed by atoms with E-state index < -0.39 is 0 Å². The molecule has 1 heterocycles. The van der Waals surface area contributed by atoms with E-state index in [1.807, 2.05) is 55.5 Å². The maximum absolute atomic E-state index is 12.7. The zero-order valence-corrected chi connectivity index (χ0v) is 12.6.